The summed E-state index contributed by atoms with van der Waals surface area (Å²) in [7, 11) is 6.70. The largest absolute Gasteiger partial charge is 0.313 e. The summed E-state index contributed by atoms with van der Waals surface area (Å²) < 4.78 is 0. The number of rotatable bonds is 6. The first kappa shape index (κ1) is 24.3. The highest BCUT2D eigenvalue weighted by Crippen LogP contribution is 2.65. The molecule has 6 fully saturated rings. The molecule has 2 aliphatic heterocycles. The Morgan fingerprint density at radius 3 is 2.08 bits per heavy atom. The molecule has 2 aromatic carbocycles. The Morgan fingerprint density at radius 2 is 1.50 bits per heavy atom. The van der Waals surface area contributed by atoms with Gasteiger partial charge in [0, 0.05) is 17.2 Å². The molecule has 192 valence electrons. The minimum Gasteiger partial charge on any atom is -0.313 e. The third-order valence-electron chi connectivity index (χ3n) is 11.2. The highest BCUT2D eigenvalue weighted by atomic mass is 31.0. The van der Waals surface area contributed by atoms with E-state index in [9.17, 15) is 0 Å². The fourth-order valence-corrected chi connectivity index (χ4v) is 11.6. The zero-order chi connectivity index (χ0) is 24.3. The molecule has 36 heavy (non-hydrogen) atoms. The standard InChI is InChI=1S/C32H44N2P2/c35-20-28-25-15-21-14-22(16-25)19-31(28,18-21)26-11-10-24(23-6-2-1-3-7-23)17-27(26)32(36,29-8-4-12-33-29)30-9-5-13-34-30/h1-3,6-7,10-11,17,21-22,25,28-30,33-34H,4-5,8-9,12-16,18-20,35-36H2. The third kappa shape index (κ3) is 3.72. The van der Waals surface area contributed by atoms with Crippen LogP contribution < -0.4 is 10.6 Å². The smallest absolute Gasteiger partial charge is 0.0405 e. The molecule has 2 aromatic rings. The van der Waals surface area contributed by atoms with Crippen LogP contribution in [0.4, 0.5) is 0 Å². The zero-order valence-corrected chi connectivity index (χ0v) is 24.0. The second kappa shape index (κ2) is 9.45. The van der Waals surface area contributed by atoms with Crippen LogP contribution in [-0.4, -0.2) is 31.3 Å². The summed E-state index contributed by atoms with van der Waals surface area (Å²) in [6.07, 6.45) is 13.8. The summed E-state index contributed by atoms with van der Waals surface area (Å²) in [6, 6.07) is 19.9. The van der Waals surface area contributed by atoms with Crippen molar-refractivity contribution in [1.29, 1.82) is 0 Å². The van der Waals surface area contributed by atoms with Gasteiger partial charge in [-0.05, 0) is 134 Å². The SMILES string of the molecule is PCC1C2CC3CC(C2)CC1(c1ccc(-c2ccccc2)cc1C(P)(C1CCCN1)C1CCCN1)C3. The topological polar surface area (TPSA) is 24.1 Å². The van der Waals surface area contributed by atoms with Crippen LogP contribution in [0.5, 0.6) is 0 Å². The van der Waals surface area contributed by atoms with E-state index in [0.29, 0.717) is 17.5 Å². The van der Waals surface area contributed by atoms with Gasteiger partial charge in [0.05, 0.1) is 0 Å². The first-order valence-corrected chi connectivity index (χ1v) is 16.2. The van der Waals surface area contributed by atoms with Crippen LogP contribution in [0.2, 0.25) is 0 Å². The summed E-state index contributed by atoms with van der Waals surface area (Å²) in [5, 5.41) is 8.02. The van der Waals surface area contributed by atoms with Crippen LogP contribution in [0.25, 0.3) is 11.1 Å². The van der Waals surface area contributed by atoms with Crippen LogP contribution in [0.3, 0.4) is 0 Å². The van der Waals surface area contributed by atoms with Gasteiger partial charge in [-0.15, -0.1) is 18.5 Å². The van der Waals surface area contributed by atoms with Gasteiger partial charge in [0.25, 0.3) is 0 Å². The molecule has 0 spiro atoms. The molecule has 2 heterocycles. The lowest BCUT2D eigenvalue weighted by molar-refractivity contribution is -0.0524. The molecule has 0 amide bonds. The molecule has 0 radical (unpaired) electrons. The number of hydrogen-bond acceptors (Lipinski definition) is 2. The summed E-state index contributed by atoms with van der Waals surface area (Å²) >= 11 is 0. The van der Waals surface area contributed by atoms with Crippen LogP contribution in [0, 0.1) is 23.7 Å². The second-order valence-electron chi connectivity index (χ2n) is 13.0. The van der Waals surface area contributed by atoms with Crippen molar-refractivity contribution < 1.29 is 0 Å². The molecule has 2 saturated heterocycles. The van der Waals surface area contributed by atoms with Crippen molar-refractivity contribution >= 4 is 18.5 Å². The summed E-state index contributed by atoms with van der Waals surface area (Å²) in [6.45, 7) is 2.32. The van der Waals surface area contributed by atoms with Gasteiger partial charge in [-0.1, -0.05) is 42.5 Å². The number of benzene rings is 2. The minimum absolute atomic E-state index is 0.0297. The first-order valence-electron chi connectivity index (χ1n) is 14.8. The summed E-state index contributed by atoms with van der Waals surface area (Å²) in [5.41, 5.74) is 6.48. The fraction of sp³-hybridized carbons (Fsp3) is 0.625. The van der Waals surface area contributed by atoms with E-state index in [1.807, 2.05) is 0 Å². The zero-order valence-electron chi connectivity index (χ0n) is 21.7. The molecule has 6 aliphatic rings. The molecule has 8 rings (SSSR count). The molecular weight excluding hydrogens is 474 g/mol. The van der Waals surface area contributed by atoms with Gasteiger partial charge in [-0.3, -0.25) is 0 Å². The Hall–Kier alpha value is -0.780. The van der Waals surface area contributed by atoms with Crippen molar-refractivity contribution in [2.24, 2.45) is 23.7 Å². The molecule has 0 aromatic heterocycles. The molecule has 2 N–H and O–H groups in total. The van der Waals surface area contributed by atoms with E-state index in [2.05, 4.69) is 77.6 Å². The molecule has 4 heteroatoms. The van der Waals surface area contributed by atoms with Gasteiger partial charge in [0.1, 0.15) is 0 Å². The van der Waals surface area contributed by atoms with Crippen LogP contribution in [-0.2, 0) is 10.6 Å². The summed E-state index contributed by atoms with van der Waals surface area (Å²) in [4.78, 5) is 0. The molecule has 4 aliphatic carbocycles. The fourth-order valence-electron chi connectivity index (χ4n) is 9.93. The van der Waals surface area contributed by atoms with Gasteiger partial charge in [0.15, 0.2) is 0 Å². The van der Waals surface area contributed by atoms with Gasteiger partial charge < -0.3 is 10.6 Å². The lowest BCUT2D eigenvalue weighted by Gasteiger charge is -2.62. The Bertz CT molecular complexity index is 1060. The highest BCUT2D eigenvalue weighted by molar-refractivity contribution is 7.18. The average molecular weight is 519 g/mol. The van der Waals surface area contributed by atoms with E-state index in [1.54, 1.807) is 11.1 Å². The van der Waals surface area contributed by atoms with Crippen LogP contribution in [0.1, 0.15) is 68.9 Å². The minimum atomic E-state index is 0.0297. The first-order chi connectivity index (χ1) is 17.6. The molecule has 4 bridgehead atoms. The Kier molecular flexibility index (Phi) is 6.37. The maximum atomic E-state index is 3.99. The maximum absolute atomic E-state index is 3.99. The lowest BCUT2D eigenvalue weighted by Crippen LogP contribution is -2.58. The van der Waals surface area contributed by atoms with Gasteiger partial charge >= 0.3 is 0 Å². The normalized spacial score (nSPS) is 38.9. The number of nitrogens with one attached hydrogen (secondary N) is 2. The van der Waals surface area contributed by atoms with E-state index in [1.165, 1.54) is 75.1 Å². The van der Waals surface area contributed by atoms with E-state index in [-0.39, 0.29) is 5.16 Å². The van der Waals surface area contributed by atoms with Crippen molar-refractivity contribution in [1.82, 2.24) is 10.6 Å². The Labute approximate surface area is 223 Å². The second-order valence-corrected chi connectivity index (χ2v) is 14.4. The molecule has 7 atom stereocenters. The van der Waals surface area contributed by atoms with E-state index >= 15 is 0 Å². The van der Waals surface area contributed by atoms with Crippen molar-refractivity contribution in [3.8, 4) is 11.1 Å². The van der Waals surface area contributed by atoms with E-state index in [0.717, 1.165) is 36.8 Å². The van der Waals surface area contributed by atoms with Crippen molar-refractivity contribution in [3.63, 3.8) is 0 Å². The predicted molar refractivity (Wildman–Crippen MR) is 159 cm³/mol. The quantitative estimate of drug-likeness (QED) is 0.427. The molecule has 2 nitrogen and oxygen atoms in total. The Balaban J connectivity index is 1.44. The third-order valence-corrected chi connectivity index (χ3v) is 12.8. The maximum Gasteiger partial charge on any atom is 0.0405 e. The molecule has 4 saturated carbocycles. The summed E-state index contributed by atoms with van der Waals surface area (Å²) in [5.74, 6) is 3.65. The van der Waals surface area contributed by atoms with Crippen LogP contribution in [0.15, 0.2) is 48.5 Å². The van der Waals surface area contributed by atoms with E-state index < -0.39 is 0 Å². The van der Waals surface area contributed by atoms with Crippen molar-refractivity contribution in [2.45, 2.75) is 80.4 Å². The number of hydrogen-bond donors (Lipinski definition) is 2. The van der Waals surface area contributed by atoms with Crippen molar-refractivity contribution in [3.05, 3.63) is 59.7 Å². The highest BCUT2D eigenvalue weighted by Gasteiger charge is 2.59. The Morgan fingerprint density at radius 1 is 0.833 bits per heavy atom. The lowest BCUT2D eigenvalue weighted by atomic mass is 9.43. The van der Waals surface area contributed by atoms with Crippen LogP contribution >= 0.6 is 18.5 Å². The van der Waals surface area contributed by atoms with Gasteiger partial charge in [0.2, 0.25) is 0 Å². The van der Waals surface area contributed by atoms with E-state index in [4.69, 9.17) is 0 Å². The average Bonchev–Trinajstić information content (AvgIpc) is 3.64. The van der Waals surface area contributed by atoms with Gasteiger partial charge in [-0.25, -0.2) is 0 Å². The monoisotopic (exact) mass is 518 g/mol. The van der Waals surface area contributed by atoms with Gasteiger partial charge in [-0.2, -0.15) is 0 Å². The van der Waals surface area contributed by atoms with Crippen molar-refractivity contribution in [2.75, 3.05) is 19.3 Å². The molecule has 7 unspecified atom stereocenters. The molecular formula is C32H44N2P2. The predicted octanol–water partition coefficient (Wildman–Crippen LogP) is 6.50.